The van der Waals surface area contributed by atoms with Gasteiger partial charge in [0.2, 0.25) is 0 Å². The summed E-state index contributed by atoms with van der Waals surface area (Å²) in [7, 11) is 2.06. The second-order valence-corrected chi connectivity index (χ2v) is 7.16. The number of pyridine rings is 1. The van der Waals surface area contributed by atoms with Gasteiger partial charge in [0.1, 0.15) is 11.5 Å². The van der Waals surface area contributed by atoms with E-state index in [4.69, 9.17) is 4.98 Å². The first-order valence-electron chi connectivity index (χ1n) is 8.96. The number of aromatic nitrogens is 4. The van der Waals surface area contributed by atoms with Crippen molar-refractivity contribution in [2.24, 2.45) is 7.05 Å². The van der Waals surface area contributed by atoms with E-state index in [-0.39, 0.29) is 0 Å². The van der Waals surface area contributed by atoms with Gasteiger partial charge in [-0.3, -0.25) is 9.80 Å². The van der Waals surface area contributed by atoms with E-state index >= 15 is 0 Å². The molecule has 1 aliphatic heterocycles. The van der Waals surface area contributed by atoms with Crippen molar-refractivity contribution in [2.45, 2.75) is 33.0 Å². The summed E-state index contributed by atoms with van der Waals surface area (Å²) in [6.45, 7) is 9.47. The molecule has 25 heavy (non-hydrogen) atoms. The molecule has 0 saturated carbocycles. The van der Waals surface area contributed by atoms with Crippen molar-refractivity contribution in [2.75, 3.05) is 19.6 Å². The summed E-state index contributed by atoms with van der Waals surface area (Å²) in [6, 6.07) is 4.71. The van der Waals surface area contributed by atoms with Crippen LogP contribution in [0.1, 0.15) is 24.0 Å². The normalized spacial score (nSPS) is 19.7. The number of piperazine rings is 1. The number of hydrogen-bond acceptors (Lipinski definition) is 4. The van der Waals surface area contributed by atoms with Crippen molar-refractivity contribution in [3.63, 3.8) is 0 Å². The van der Waals surface area contributed by atoms with Crippen LogP contribution in [0.25, 0.3) is 5.65 Å². The minimum atomic E-state index is 0.518. The third kappa shape index (κ3) is 3.32. The largest absolute Gasteiger partial charge is 0.337 e. The summed E-state index contributed by atoms with van der Waals surface area (Å²) in [5, 5.41) is 0. The molecule has 0 unspecified atom stereocenters. The molecule has 1 fully saturated rings. The predicted molar refractivity (Wildman–Crippen MR) is 98.3 cm³/mol. The molecule has 0 N–H and O–H groups in total. The molecule has 0 amide bonds. The summed E-state index contributed by atoms with van der Waals surface area (Å²) in [6.07, 6.45) is 8.13. The molecule has 0 aliphatic carbocycles. The van der Waals surface area contributed by atoms with Crippen LogP contribution in [0.4, 0.5) is 0 Å². The lowest BCUT2D eigenvalue weighted by Gasteiger charge is -2.39. The molecule has 1 saturated heterocycles. The van der Waals surface area contributed by atoms with Gasteiger partial charge in [0.25, 0.3) is 0 Å². The fraction of sp³-hybridized carbons (Fsp3) is 0.474. The van der Waals surface area contributed by atoms with E-state index in [0.29, 0.717) is 6.04 Å². The first-order valence-corrected chi connectivity index (χ1v) is 8.96. The molecule has 6 nitrogen and oxygen atoms in total. The van der Waals surface area contributed by atoms with Crippen LogP contribution in [0.5, 0.6) is 0 Å². The molecule has 0 spiro atoms. The smallest absolute Gasteiger partial charge is 0.139 e. The van der Waals surface area contributed by atoms with Crippen LogP contribution >= 0.6 is 0 Å². The highest BCUT2D eigenvalue weighted by Gasteiger charge is 2.25. The molecule has 4 heterocycles. The summed E-state index contributed by atoms with van der Waals surface area (Å²) < 4.78 is 4.24. The van der Waals surface area contributed by atoms with Crippen molar-refractivity contribution in [1.29, 1.82) is 0 Å². The number of fused-ring (bicyclic) bond motifs is 1. The number of rotatable bonds is 4. The van der Waals surface area contributed by atoms with Crippen molar-refractivity contribution in [3.05, 3.63) is 54.0 Å². The maximum atomic E-state index is 4.82. The average molecular weight is 338 g/mol. The quantitative estimate of drug-likeness (QED) is 0.730. The topological polar surface area (TPSA) is 41.6 Å². The van der Waals surface area contributed by atoms with Crippen LogP contribution in [0.15, 0.2) is 36.9 Å². The van der Waals surface area contributed by atoms with Crippen molar-refractivity contribution in [1.82, 2.24) is 28.7 Å². The Morgan fingerprint density at radius 2 is 2.08 bits per heavy atom. The van der Waals surface area contributed by atoms with Gasteiger partial charge in [-0.1, -0.05) is 6.07 Å². The van der Waals surface area contributed by atoms with Crippen molar-refractivity contribution >= 4 is 5.65 Å². The third-order valence-corrected chi connectivity index (χ3v) is 5.23. The van der Waals surface area contributed by atoms with Gasteiger partial charge in [-0.15, -0.1) is 0 Å². The van der Waals surface area contributed by atoms with Gasteiger partial charge in [0, 0.05) is 64.1 Å². The molecule has 4 rings (SSSR count). The Bertz CT molecular complexity index is 864. The molecule has 0 bridgehead atoms. The van der Waals surface area contributed by atoms with Crippen LogP contribution in [-0.2, 0) is 20.1 Å². The van der Waals surface area contributed by atoms with Gasteiger partial charge in [-0.05, 0) is 25.5 Å². The van der Waals surface area contributed by atoms with Crippen LogP contribution < -0.4 is 0 Å². The molecule has 3 aromatic rings. The highest BCUT2D eigenvalue weighted by molar-refractivity contribution is 5.47. The Morgan fingerprint density at radius 3 is 2.80 bits per heavy atom. The second-order valence-electron chi connectivity index (χ2n) is 7.16. The first-order chi connectivity index (χ1) is 12.1. The molecule has 0 aromatic carbocycles. The number of imidazole rings is 2. The fourth-order valence-electron chi connectivity index (χ4n) is 3.69. The summed E-state index contributed by atoms with van der Waals surface area (Å²) in [4.78, 5) is 14.3. The van der Waals surface area contributed by atoms with E-state index < -0.39 is 0 Å². The fourth-order valence-corrected chi connectivity index (χ4v) is 3.69. The molecular formula is C19H26N6. The molecule has 3 aromatic heterocycles. The van der Waals surface area contributed by atoms with E-state index in [1.165, 1.54) is 5.56 Å². The molecule has 132 valence electrons. The molecule has 6 heteroatoms. The van der Waals surface area contributed by atoms with Crippen LogP contribution in [0, 0.1) is 6.92 Å². The number of nitrogens with zero attached hydrogens (tertiary/aromatic N) is 6. The lowest BCUT2D eigenvalue weighted by Crippen LogP contribution is -2.51. The second kappa shape index (κ2) is 6.61. The SMILES string of the molecule is Cc1cccn2cc(CN3CCN(Cc4nccn4C)[C@H](C)C3)nc12. The molecule has 1 aliphatic rings. The van der Waals surface area contributed by atoms with E-state index in [2.05, 4.69) is 69.2 Å². The first kappa shape index (κ1) is 16.3. The Kier molecular flexibility index (Phi) is 4.31. The standard InChI is InChI=1S/C19H26N6/c1-15-5-4-7-25-13-17(21-19(15)25)12-23-9-10-24(16(2)11-23)14-18-20-6-8-22(18)3/h4-8,13,16H,9-12,14H2,1-3H3/t16-/m1/s1. The van der Waals surface area contributed by atoms with Crippen LogP contribution in [0.3, 0.4) is 0 Å². The zero-order chi connectivity index (χ0) is 17.4. The number of aryl methyl sites for hydroxylation is 2. The van der Waals surface area contributed by atoms with E-state index in [0.717, 1.165) is 49.9 Å². The average Bonchev–Trinajstić information content (AvgIpc) is 3.17. The monoisotopic (exact) mass is 338 g/mol. The maximum absolute atomic E-state index is 4.82. The van der Waals surface area contributed by atoms with Crippen LogP contribution in [-0.4, -0.2) is 54.4 Å². The minimum absolute atomic E-state index is 0.518. The highest BCUT2D eigenvalue weighted by atomic mass is 15.3. The lowest BCUT2D eigenvalue weighted by atomic mass is 10.2. The molecule has 1 atom stereocenters. The van der Waals surface area contributed by atoms with Crippen molar-refractivity contribution < 1.29 is 0 Å². The zero-order valence-electron chi connectivity index (χ0n) is 15.3. The van der Waals surface area contributed by atoms with Gasteiger partial charge in [0.05, 0.1) is 12.2 Å². The summed E-state index contributed by atoms with van der Waals surface area (Å²) in [5.41, 5.74) is 3.44. The number of hydrogen-bond donors (Lipinski definition) is 0. The Hall–Kier alpha value is -2.18. The van der Waals surface area contributed by atoms with Gasteiger partial charge in [-0.2, -0.15) is 0 Å². The summed E-state index contributed by atoms with van der Waals surface area (Å²) >= 11 is 0. The summed E-state index contributed by atoms with van der Waals surface area (Å²) in [5.74, 6) is 1.14. The van der Waals surface area contributed by atoms with Gasteiger partial charge in [0.15, 0.2) is 0 Å². The van der Waals surface area contributed by atoms with Gasteiger partial charge < -0.3 is 8.97 Å². The lowest BCUT2D eigenvalue weighted by molar-refractivity contribution is 0.0701. The minimum Gasteiger partial charge on any atom is -0.337 e. The van der Waals surface area contributed by atoms with E-state index in [1.807, 2.05) is 12.4 Å². The van der Waals surface area contributed by atoms with Gasteiger partial charge >= 0.3 is 0 Å². The highest BCUT2D eigenvalue weighted by Crippen LogP contribution is 2.16. The van der Waals surface area contributed by atoms with Crippen LogP contribution in [0.2, 0.25) is 0 Å². The Morgan fingerprint density at radius 1 is 1.20 bits per heavy atom. The Labute approximate surface area is 148 Å². The predicted octanol–water partition coefficient (Wildman–Crippen LogP) is 2.08. The van der Waals surface area contributed by atoms with E-state index in [9.17, 15) is 0 Å². The zero-order valence-corrected chi connectivity index (χ0v) is 15.3. The van der Waals surface area contributed by atoms with Gasteiger partial charge in [-0.25, -0.2) is 9.97 Å². The molecular weight excluding hydrogens is 312 g/mol. The maximum Gasteiger partial charge on any atom is 0.139 e. The third-order valence-electron chi connectivity index (χ3n) is 5.23. The Balaban J connectivity index is 1.40. The molecule has 0 radical (unpaired) electrons. The van der Waals surface area contributed by atoms with E-state index in [1.54, 1.807) is 0 Å². The van der Waals surface area contributed by atoms with Crippen molar-refractivity contribution in [3.8, 4) is 0 Å².